The number of unbranched alkanes of at least 4 members (excludes halogenated alkanes) is 5. The van der Waals surface area contributed by atoms with Gasteiger partial charge in [-0.15, -0.1) is 0 Å². The Bertz CT molecular complexity index is 710. The SMILES string of the molecule is CCCCCCCCC(=O)N(CCC)Cc1cccn1Cc1cccc(F)c1. The molecule has 2 rings (SSSR count). The molecule has 2 aromatic rings. The van der Waals surface area contributed by atoms with Crippen molar-refractivity contribution in [2.45, 2.75) is 78.3 Å². The molecule has 0 aliphatic carbocycles. The first-order valence-corrected chi connectivity index (χ1v) is 10.8. The standard InChI is InChI=1S/C24H35FN2O/c1-3-5-6-7-8-9-15-24(28)27(16-4-2)20-23-14-11-17-26(23)19-21-12-10-13-22(25)18-21/h10-14,17-18H,3-9,15-16,19-20H2,1-2H3. The van der Waals surface area contributed by atoms with E-state index in [-0.39, 0.29) is 11.7 Å². The molecule has 1 aromatic heterocycles. The molecule has 4 heteroatoms. The van der Waals surface area contributed by atoms with Crippen molar-refractivity contribution in [3.05, 3.63) is 59.7 Å². The van der Waals surface area contributed by atoms with Gasteiger partial charge < -0.3 is 9.47 Å². The molecule has 1 heterocycles. The van der Waals surface area contributed by atoms with E-state index in [1.165, 1.54) is 31.7 Å². The Morgan fingerprint density at radius 2 is 1.79 bits per heavy atom. The number of carbonyl (C=O) groups is 1. The summed E-state index contributed by atoms with van der Waals surface area (Å²) in [5.41, 5.74) is 2.02. The van der Waals surface area contributed by atoms with Gasteiger partial charge in [-0.1, -0.05) is 58.1 Å². The largest absolute Gasteiger partial charge is 0.345 e. The van der Waals surface area contributed by atoms with Crippen molar-refractivity contribution in [3.63, 3.8) is 0 Å². The van der Waals surface area contributed by atoms with Gasteiger partial charge in [-0.3, -0.25) is 4.79 Å². The van der Waals surface area contributed by atoms with E-state index in [2.05, 4.69) is 24.5 Å². The number of carbonyl (C=O) groups excluding carboxylic acids is 1. The zero-order valence-corrected chi connectivity index (χ0v) is 17.5. The number of hydrogen-bond acceptors (Lipinski definition) is 1. The Morgan fingerprint density at radius 1 is 1.00 bits per heavy atom. The molecule has 0 bridgehead atoms. The van der Waals surface area contributed by atoms with Crippen LogP contribution in [0.5, 0.6) is 0 Å². The Hall–Kier alpha value is -2.10. The van der Waals surface area contributed by atoms with Crippen LogP contribution in [0.25, 0.3) is 0 Å². The van der Waals surface area contributed by atoms with Gasteiger partial charge in [0.2, 0.25) is 5.91 Å². The van der Waals surface area contributed by atoms with Gasteiger partial charge in [-0.2, -0.15) is 0 Å². The zero-order chi connectivity index (χ0) is 20.2. The van der Waals surface area contributed by atoms with Crippen LogP contribution in [-0.4, -0.2) is 21.9 Å². The molecule has 1 aromatic carbocycles. The van der Waals surface area contributed by atoms with E-state index >= 15 is 0 Å². The first kappa shape index (κ1) is 22.2. The van der Waals surface area contributed by atoms with Crippen LogP contribution >= 0.6 is 0 Å². The van der Waals surface area contributed by atoms with Crippen molar-refractivity contribution in [1.82, 2.24) is 9.47 Å². The molecule has 0 spiro atoms. The summed E-state index contributed by atoms with van der Waals surface area (Å²) >= 11 is 0. The summed E-state index contributed by atoms with van der Waals surface area (Å²) in [5, 5.41) is 0. The Balaban J connectivity index is 1.91. The Morgan fingerprint density at radius 3 is 2.54 bits per heavy atom. The highest BCUT2D eigenvalue weighted by Gasteiger charge is 2.15. The lowest BCUT2D eigenvalue weighted by molar-refractivity contribution is -0.132. The molecule has 0 N–H and O–H groups in total. The quantitative estimate of drug-likeness (QED) is 0.378. The van der Waals surface area contributed by atoms with Gasteiger partial charge in [-0.25, -0.2) is 4.39 Å². The monoisotopic (exact) mass is 386 g/mol. The number of benzene rings is 1. The summed E-state index contributed by atoms with van der Waals surface area (Å²) in [6.45, 7) is 6.34. The molecule has 0 aliphatic heterocycles. The van der Waals surface area contributed by atoms with Gasteiger partial charge in [0, 0.05) is 31.4 Å². The van der Waals surface area contributed by atoms with Crippen molar-refractivity contribution in [3.8, 4) is 0 Å². The molecule has 0 atom stereocenters. The number of amides is 1. The summed E-state index contributed by atoms with van der Waals surface area (Å²) in [5.74, 6) is 0.0313. The zero-order valence-electron chi connectivity index (χ0n) is 17.5. The molecule has 154 valence electrons. The van der Waals surface area contributed by atoms with Crippen LogP contribution in [0.3, 0.4) is 0 Å². The Kier molecular flexibility index (Phi) is 9.81. The van der Waals surface area contributed by atoms with Crippen molar-refractivity contribution in [2.75, 3.05) is 6.54 Å². The van der Waals surface area contributed by atoms with Crippen molar-refractivity contribution < 1.29 is 9.18 Å². The molecule has 3 nitrogen and oxygen atoms in total. The smallest absolute Gasteiger partial charge is 0.222 e. The predicted molar refractivity (Wildman–Crippen MR) is 114 cm³/mol. The average molecular weight is 387 g/mol. The fourth-order valence-corrected chi connectivity index (χ4v) is 3.55. The second-order valence-electron chi connectivity index (χ2n) is 7.59. The highest BCUT2D eigenvalue weighted by molar-refractivity contribution is 5.76. The summed E-state index contributed by atoms with van der Waals surface area (Å²) in [6, 6.07) is 10.7. The molecule has 28 heavy (non-hydrogen) atoms. The molecule has 0 fully saturated rings. The van der Waals surface area contributed by atoms with E-state index in [0.717, 1.165) is 37.1 Å². The van der Waals surface area contributed by atoms with Gasteiger partial charge in [0.15, 0.2) is 0 Å². The fourth-order valence-electron chi connectivity index (χ4n) is 3.55. The third kappa shape index (κ3) is 7.49. The lowest BCUT2D eigenvalue weighted by Gasteiger charge is -2.23. The molecule has 0 unspecified atom stereocenters. The minimum atomic E-state index is -0.215. The minimum Gasteiger partial charge on any atom is -0.345 e. The molecule has 1 amide bonds. The predicted octanol–water partition coefficient (Wildman–Crippen LogP) is 6.16. The number of aromatic nitrogens is 1. The lowest BCUT2D eigenvalue weighted by Crippen LogP contribution is -2.32. The summed E-state index contributed by atoms with van der Waals surface area (Å²) < 4.78 is 15.6. The van der Waals surface area contributed by atoms with Gasteiger partial charge in [0.05, 0.1) is 6.54 Å². The lowest BCUT2D eigenvalue weighted by atomic mass is 10.1. The average Bonchev–Trinajstić information content (AvgIpc) is 3.10. The van der Waals surface area contributed by atoms with E-state index in [1.807, 2.05) is 23.2 Å². The van der Waals surface area contributed by atoms with Crippen molar-refractivity contribution in [1.29, 1.82) is 0 Å². The van der Waals surface area contributed by atoms with Gasteiger partial charge in [-0.05, 0) is 42.7 Å². The van der Waals surface area contributed by atoms with E-state index in [9.17, 15) is 9.18 Å². The van der Waals surface area contributed by atoms with E-state index in [4.69, 9.17) is 0 Å². The normalized spacial score (nSPS) is 11.0. The van der Waals surface area contributed by atoms with Crippen LogP contribution in [-0.2, 0) is 17.9 Å². The fraction of sp³-hybridized carbons (Fsp3) is 0.542. The number of halogens is 1. The molecule has 0 aliphatic rings. The maximum Gasteiger partial charge on any atom is 0.222 e. The maximum atomic E-state index is 13.5. The Labute approximate surface area is 169 Å². The van der Waals surface area contributed by atoms with Crippen LogP contribution in [0.2, 0.25) is 0 Å². The topological polar surface area (TPSA) is 25.2 Å². The maximum absolute atomic E-state index is 13.5. The number of nitrogens with zero attached hydrogens (tertiary/aromatic N) is 2. The molecular formula is C24H35FN2O. The van der Waals surface area contributed by atoms with E-state index in [1.54, 1.807) is 12.1 Å². The van der Waals surface area contributed by atoms with Crippen LogP contribution in [0.1, 0.15) is 76.5 Å². The minimum absolute atomic E-state index is 0.215. The van der Waals surface area contributed by atoms with Crippen LogP contribution in [0.4, 0.5) is 4.39 Å². The van der Waals surface area contributed by atoms with E-state index < -0.39 is 0 Å². The molecule has 0 radical (unpaired) electrons. The number of rotatable bonds is 13. The van der Waals surface area contributed by atoms with Crippen LogP contribution in [0, 0.1) is 5.82 Å². The van der Waals surface area contributed by atoms with Crippen molar-refractivity contribution in [2.24, 2.45) is 0 Å². The van der Waals surface area contributed by atoms with Gasteiger partial charge >= 0.3 is 0 Å². The number of hydrogen-bond donors (Lipinski definition) is 0. The summed E-state index contributed by atoms with van der Waals surface area (Å²) in [6.07, 6.45) is 10.7. The van der Waals surface area contributed by atoms with Crippen molar-refractivity contribution >= 4 is 5.91 Å². The van der Waals surface area contributed by atoms with E-state index in [0.29, 0.717) is 19.5 Å². The molecule has 0 saturated heterocycles. The highest BCUT2D eigenvalue weighted by atomic mass is 19.1. The van der Waals surface area contributed by atoms with Crippen LogP contribution in [0.15, 0.2) is 42.6 Å². The third-order valence-corrected chi connectivity index (χ3v) is 5.11. The van der Waals surface area contributed by atoms with Crippen LogP contribution < -0.4 is 0 Å². The first-order chi connectivity index (χ1) is 13.6. The molecule has 0 saturated carbocycles. The summed E-state index contributed by atoms with van der Waals surface area (Å²) in [7, 11) is 0. The summed E-state index contributed by atoms with van der Waals surface area (Å²) in [4.78, 5) is 14.7. The first-order valence-electron chi connectivity index (χ1n) is 10.8. The highest BCUT2D eigenvalue weighted by Crippen LogP contribution is 2.14. The molecular weight excluding hydrogens is 351 g/mol. The second kappa shape index (κ2) is 12.4. The van der Waals surface area contributed by atoms with Gasteiger partial charge in [0.25, 0.3) is 0 Å². The van der Waals surface area contributed by atoms with Gasteiger partial charge in [0.1, 0.15) is 5.82 Å². The third-order valence-electron chi connectivity index (χ3n) is 5.11. The second-order valence-corrected chi connectivity index (χ2v) is 7.59.